The number of benzene rings is 2. The highest BCUT2D eigenvalue weighted by Crippen LogP contribution is 2.38. The molecule has 1 N–H and O–H groups in total. The van der Waals surface area contributed by atoms with Gasteiger partial charge in [-0.1, -0.05) is 18.2 Å². The Balaban J connectivity index is 1.79. The quantitative estimate of drug-likeness (QED) is 0.784. The molecule has 1 unspecified atom stereocenters. The van der Waals surface area contributed by atoms with Crippen LogP contribution in [0.15, 0.2) is 54.9 Å². The van der Waals surface area contributed by atoms with E-state index >= 15 is 0 Å². The van der Waals surface area contributed by atoms with Crippen LogP contribution in [0, 0.1) is 0 Å². The molecule has 4 rings (SSSR count). The van der Waals surface area contributed by atoms with Gasteiger partial charge in [0, 0.05) is 18.4 Å². The largest absolute Gasteiger partial charge is 0.497 e. The first kappa shape index (κ1) is 16.2. The Bertz CT molecular complexity index is 964. The molecule has 3 aromatic rings. The average molecular weight is 349 g/mol. The number of nitrogens with zero attached hydrogens (tertiary/aromatic N) is 2. The molecule has 0 fully saturated rings. The van der Waals surface area contributed by atoms with Crippen LogP contribution in [0.25, 0.3) is 5.69 Å². The van der Waals surface area contributed by atoms with Crippen molar-refractivity contribution in [1.82, 2.24) is 9.55 Å². The molecule has 1 atom stereocenters. The third-order valence-corrected chi connectivity index (χ3v) is 4.60. The molecule has 0 radical (unpaired) electrons. The molecule has 0 saturated carbocycles. The second kappa shape index (κ2) is 6.55. The number of aromatic nitrogens is 2. The molecule has 0 saturated heterocycles. The fourth-order valence-corrected chi connectivity index (χ4v) is 3.30. The summed E-state index contributed by atoms with van der Waals surface area (Å²) in [6, 6.07) is 15.4. The van der Waals surface area contributed by atoms with Crippen LogP contribution in [0.4, 0.5) is 5.82 Å². The van der Waals surface area contributed by atoms with Crippen molar-refractivity contribution in [1.29, 1.82) is 0 Å². The van der Waals surface area contributed by atoms with Gasteiger partial charge in [-0.15, -0.1) is 0 Å². The number of nitrogens with one attached hydrogen (secondary N) is 1. The molecule has 1 aliphatic heterocycles. The van der Waals surface area contributed by atoms with Gasteiger partial charge in [0.05, 0.1) is 25.6 Å². The molecule has 1 amide bonds. The third-order valence-electron chi connectivity index (χ3n) is 4.60. The normalized spacial score (nSPS) is 15.9. The zero-order valence-electron chi connectivity index (χ0n) is 14.6. The van der Waals surface area contributed by atoms with Crippen molar-refractivity contribution in [2.45, 2.75) is 12.3 Å². The van der Waals surface area contributed by atoms with Crippen LogP contribution in [0.1, 0.15) is 23.6 Å². The van der Waals surface area contributed by atoms with E-state index in [2.05, 4.69) is 10.3 Å². The van der Waals surface area contributed by atoms with Crippen molar-refractivity contribution < 1.29 is 14.3 Å². The number of fused-ring (bicyclic) bond motifs is 1. The monoisotopic (exact) mass is 349 g/mol. The number of carbonyl (C=O) groups is 1. The van der Waals surface area contributed by atoms with Gasteiger partial charge in [-0.2, -0.15) is 0 Å². The number of rotatable bonds is 4. The molecule has 1 aliphatic rings. The summed E-state index contributed by atoms with van der Waals surface area (Å²) in [5, 5.41) is 2.96. The lowest BCUT2D eigenvalue weighted by Crippen LogP contribution is -2.24. The fraction of sp³-hybridized carbons (Fsp3) is 0.200. The van der Waals surface area contributed by atoms with Gasteiger partial charge in [-0.05, 0) is 29.8 Å². The van der Waals surface area contributed by atoms with Crippen LogP contribution in [0.2, 0.25) is 0 Å². The highest BCUT2D eigenvalue weighted by molar-refractivity contribution is 5.94. The van der Waals surface area contributed by atoms with Crippen molar-refractivity contribution in [3.05, 3.63) is 66.1 Å². The lowest BCUT2D eigenvalue weighted by atomic mass is 9.89. The van der Waals surface area contributed by atoms with E-state index in [1.807, 2.05) is 53.1 Å². The highest BCUT2D eigenvalue weighted by atomic mass is 16.5. The average Bonchev–Trinajstić information content (AvgIpc) is 3.11. The van der Waals surface area contributed by atoms with Gasteiger partial charge < -0.3 is 14.8 Å². The van der Waals surface area contributed by atoms with Crippen molar-refractivity contribution in [3.63, 3.8) is 0 Å². The van der Waals surface area contributed by atoms with Crippen LogP contribution in [-0.2, 0) is 4.79 Å². The predicted molar refractivity (Wildman–Crippen MR) is 98.2 cm³/mol. The molecule has 2 heterocycles. The molecule has 0 aliphatic carbocycles. The minimum Gasteiger partial charge on any atom is -0.497 e. The van der Waals surface area contributed by atoms with Crippen molar-refractivity contribution >= 4 is 11.7 Å². The van der Waals surface area contributed by atoms with Gasteiger partial charge in [0.25, 0.3) is 0 Å². The highest BCUT2D eigenvalue weighted by Gasteiger charge is 2.31. The number of hydrogen-bond donors (Lipinski definition) is 1. The zero-order valence-corrected chi connectivity index (χ0v) is 14.6. The summed E-state index contributed by atoms with van der Waals surface area (Å²) in [7, 11) is 3.26. The van der Waals surface area contributed by atoms with Crippen LogP contribution in [-0.4, -0.2) is 29.7 Å². The topological polar surface area (TPSA) is 65.4 Å². The number of imidazole rings is 1. The van der Waals surface area contributed by atoms with Gasteiger partial charge in [-0.25, -0.2) is 4.98 Å². The zero-order chi connectivity index (χ0) is 18.1. The molecule has 2 aromatic carbocycles. The first-order valence-electron chi connectivity index (χ1n) is 8.35. The summed E-state index contributed by atoms with van der Waals surface area (Å²) in [4.78, 5) is 17.0. The number of hydrogen-bond acceptors (Lipinski definition) is 4. The van der Waals surface area contributed by atoms with Crippen molar-refractivity contribution in [2.24, 2.45) is 0 Å². The van der Waals surface area contributed by atoms with Gasteiger partial charge in [0.2, 0.25) is 5.91 Å². The van der Waals surface area contributed by atoms with Gasteiger partial charge in [0.15, 0.2) is 0 Å². The SMILES string of the molecule is COc1cccc(C2CC(=O)Nc3c2ncn3-c2cccc(OC)c2)c1. The van der Waals surface area contributed by atoms with E-state index in [0.717, 1.165) is 28.4 Å². The Morgan fingerprint density at radius 1 is 1.08 bits per heavy atom. The number of carbonyl (C=O) groups excluding carboxylic acids is 1. The van der Waals surface area contributed by atoms with E-state index < -0.39 is 0 Å². The summed E-state index contributed by atoms with van der Waals surface area (Å²) in [5.74, 6) is 2.07. The van der Waals surface area contributed by atoms with Crippen molar-refractivity contribution in [2.75, 3.05) is 19.5 Å². The molecule has 132 valence electrons. The van der Waals surface area contributed by atoms with Crippen LogP contribution >= 0.6 is 0 Å². The summed E-state index contributed by atoms with van der Waals surface area (Å²) in [6.07, 6.45) is 2.09. The van der Waals surface area contributed by atoms with E-state index in [1.165, 1.54) is 0 Å². The van der Waals surface area contributed by atoms with E-state index in [1.54, 1.807) is 20.5 Å². The molecule has 6 nitrogen and oxygen atoms in total. The molecule has 0 bridgehead atoms. The smallest absolute Gasteiger partial charge is 0.226 e. The Hall–Kier alpha value is -3.28. The minimum atomic E-state index is -0.110. The molecular formula is C20H19N3O3. The number of methoxy groups -OCH3 is 2. The Labute approximate surface area is 151 Å². The van der Waals surface area contributed by atoms with Gasteiger partial charge in [0.1, 0.15) is 23.6 Å². The molecule has 1 aromatic heterocycles. The fourth-order valence-electron chi connectivity index (χ4n) is 3.30. The number of anilines is 1. The molecule has 0 spiro atoms. The maximum Gasteiger partial charge on any atom is 0.226 e. The maximum atomic E-state index is 12.4. The maximum absolute atomic E-state index is 12.4. The molecule has 6 heteroatoms. The van der Waals surface area contributed by atoms with E-state index in [-0.39, 0.29) is 11.8 Å². The lowest BCUT2D eigenvalue weighted by Gasteiger charge is -2.23. The first-order valence-corrected chi connectivity index (χ1v) is 8.35. The third kappa shape index (κ3) is 2.79. The van der Waals surface area contributed by atoms with Gasteiger partial charge >= 0.3 is 0 Å². The van der Waals surface area contributed by atoms with E-state index in [4.69, 9.17) is 9.47 Å². The number of ether oxygens (including phenoxy) is 2. The minimum absolute atomic E-state index is 0.0324. The summed E-state index contributed by atoms with van der Waals surface area (Å²) in [5.41, 5.74) is 2.74. The second-order valence-electron chi connectivity index (χ2n) is 6.13. The standard InChI is InChI=1S/C20H19N3O3/c1-25-15-7-3-5-13(9-15)17-11-18(24)22-20-19(17)21-12-23(20)14-6-4-8-16(10-14)26-2/h3-10,12,17H,11H2,1-2H3,(H,22,24). The Kier molecular flexibility index (Phi) is 4.08. The van der Waals surface area contributed by atoms with E-state index in [9.17, 15) is 4.79 Å². The Morgan fingerprint density at radius 3 is 2.58 bits per heavy atom. The van der Waals surface area contributed by atoms with Crippen molar-refractivity contribution in [3.8, 4) is 17.2 Å². The first-order chi connectivity index (χ1) is 12.7. The van der Waals surface area contributed by atoms with E-state index in [0.29, 0.717) is 12.2 Å². The van der Waals surface area contributed by atoms with Crippen LogP contribution < -0.4 is 14.8 Å². The molecule has 26 heavy (non-hydrogen) atoms. The number of amides is 1. The summed E-state index contributed by atoms with van der Waals surface area (Å²) >= 11 is 0. The second-order valence-corrected chi connectivity index (χ2v) is 6.13. The van der Waals surface area contributed by atoms with Crippen LogP contribution in [0.3, 0.4) is 0 Å². The lowest BCUT2D eigenvalue weighted by molar-refractivity contribution is -0.116. The van der Waals surface area contributed by atoms with Crippen LogP contribution in [0.5, 0.6) is 11.5 Å². The van der Waals surface area contributed by atoms with Gasteiger partial charge in [-0.3, -0.25) is 9.36 Å². The summed E-state index contributed by atoms with van der Waals surface area (Å²) in [6.45, 7) is 0. The Morgan fingerprint density at radius 2 is 1.81 bits per heavy atom. The predicted octanol–water partition coefficient (Wildman–Crippen LogP) is 3.36. The molecular weight excluding hydrogens is 330 g/mol. The summed E-state index contributed by atoms with van der Waals surface area (Å²) < 4.78 is 12.5.